The van der Waals surface area contributed by atoms with E-state index in [-0.39, 0.29) is 12.2 Å². The minimum atomic E-state index is -0.202. The van der Waals surface area contributed by atoms with Gasteiger partial charge in [-0.25, -0.2) is 0 Å². The van der Waals surface area contributed by atoms with E-state index in [2.05, 4.69) is 5.32 Å². The first kappa shape index (κ1) is 10.4. The smallest absolute Gasteiger partial charge is 0.0834 e. The molecule has 2 aliphatic rings. The first-order valence-corrected chi connectivity index (χ1v) is 5.86. The maximum atomic E-state index is 9.58. The van der Waals surface area contributed by atoms with Crippen molar-refractivity contribution in [1.82, 2.24) is 5.32 Å². The summed E-state index contributed by atoms with van der Waals surface area (Å²) in [7, 11) is 0. The van der Waals surface area contributed by atoms with E-state index in [1.165, 1.54) is 12.8 Å². The zero-order chi connectivity index (χ0) is 9.80. The molecule has 0 aromatic rings. The Morgan fingerprint density at radius 1 is 1.21 bits per heavy atom. The van der Waals surface area contributed by atoms with Gasteiger partial charge in [-0.05, 0) is 44.6 Å². The molecule has 1 saturated heterocycles. The van der Waals surface area contributed by atoms with E-state index in [1.807, 2.05) is 0 Å². The van der Waals surface area contributed by atoms with Gasteiger partial charge in [-0.15, -0.1) is 0 Å². The van der Waals surface area contributed by atoms with Crippen LogP contribution in [0.5, 0.6) is 0 Å². The molecule has 14 heavy (non-hydrogen) atoms. The van der Waals surface area contributed by atoms with E-state index in [9.17, 15) is 5.11 Å². The molecule has 3 nitrogen and oxygen atoms in total. The zero-order valence-corrected chi connectivity index (χ0v) is 8.74. The van der Waals surface area contributed by atoms with Crippen molar-refractivity contribution in [2.24, 2.45) is 5.92 Å². The Balaban J connectivity index is 1.65. The van der Waals surface area contributed by atoms with Gasteiger partial charge in [0.2, 0.25) is 0 Å². The Morgan fingerprint density at radius 3 is 2.79 bits per heavy atom. The van der Waals surface area contributed by atoms with E-state index in [0.29, 0.717) is 5.92 Å². The van der Waals surface area contributed by atoms with Crippen LogP contribution in [-0.4, -0.2) is 37.0 Å². The third-order valence-corrected chi connectivity index (χ3v) is 3.36. The molecule has 1 aliphatic heterocycles. The Kier molecular flexibility index (Phi) is 3.79. The van der Waals surface area contributed by atoms with E-state index >= 15 is 0 Å². The molecule has 3 heteroatoms. The predicted molar refractivity (Wildman–Crippen MR) is 55.2 cm³/mol. The number of hydrogen-bond donors (Lipinski definition) is 2. The van der Waals surface area contributed by atoms with Gasteiger partial charge >= 0.3 is 0 Å². The van der Waals surface area contributed by atoms with Gasteiger partial charge in [0.15, 0.2) is 0 Å². The van der Waals surface area contributed by atoms with Gasteiger partial charge in [-0.2, -0.15) is 0 Å². The van der Waals surface area contributed by atoms with Gasteiger partial charge in [-0.1, -0.05) is 0 Å². The lowest BCUT2D eigenvalue weighted by Crippen LogP contribution is -2.34. The predicted octanol–water partition coefficient (Wildman–Crippen LogP) is 0.916. The Labute approximate surface area is 85.8 Å². The van der Waals surface area contributed by atoms with Gasteiger partial charge in [0.1, 0.15) is 0 Å². The third kappa shape index (κ3) is 2.69. The lowest BCUT2D eigenvalue weighted by Gasteiger charge is -2.25. The maximum absolute atomic E-state index is 9.58. The Hall–Kier alpha value is -0.120. The lowest BCUT2D eigenvalue weighted by atomic mass is 10.0. The standard InChI is InChI=1S/C11H21NO2/c13-10-4-1-5-11(10)14-8-9-3-2-6-12-7-9/h9-13H,1-8H2. The summed E-state index contributed by atoms with van der Waals surface area (Å²) in [5.74, 6) is 0.663. The highest BCUT2D eigenvalue weighted by Crippen LogP contribution is 2.23. The molecule has 0 radical (unpaired) electrons. The first-order valence-electron chi connectivity index (χ1n) is 5.86. The second-order valence-corrected chi connectivity index (χ2v) is 4.58. The second-order valence-electron chi connectivity index (χ2n) is 4.58. The van der Waals surface area contributed by atoms with Crippen LogP contribution in [0.15, 0.2) is 0 Å². The fraction of sp³-hybridized carbons (Fsp3) is 1.00. The molecule has 0 aromatic carbocycles. The normalized spacial score (nSPS) is 38.8. The Bertz CT molecular complexity index is 169. The van der Waals surface area contributed by atoms with Crippen molar-refractivity contribution in [3.05, 3.63) is 0 Å². The molecule has 0 spiro atoms. The molecule has 1 aliphatic carbocycles. The third-order valence-electron chi connectivity index (χ3n) is 3.36. The van der Waals surface area contributed by atoms with Crippen LogP contribution < -0.4 is 5.32 Å². The molecule has 0 aromatic heterocycles. The SMILES string of the molecule is OC1CCCC1OCC1CCCNC1. The molecule has 1 heterocycles. The molecule has 0 amide bonds. The highest BCUT2D eigenvalue weighted by atomic mass is 16.5. The maximum Gasteiger partial charge on any atom is 0.0834 e. The summed E-state index contributed by atoms with van der Waals surface area (Å²) >= 11 is 0. The van der Waals surface area contributed by atoms with Gasteiger partial charge in [-0.3, -0.25) is 0 Å². The second kappa shape index (κ2) is 5.10. The van der Waals surface area contributed by atoms with Crippen molar-refractivity contribution in [1.29, 1.82) is 0 Å². The monoisotopic (exact) mass is 199 g/mol. The number of piperidine rings is 1. The molecule has 0 bridgehead atoms. The van der Waals surface area contributed by atoms with Crippen LogP contribution in [0.4, 0.5) is 0 Å². The summed E-state index contributed by atoms with van der Waals surface area (Å²) in [5, 5.41) is 13.0. The molecule has 3 unspecified atom stereocenters. The minimum absolute atomic E-state index is 0.122. The van der Waals surface area contributed by atoms with Crippen LogP contribution >= 0.6 is 0 Å². The molecule has 82 valence electrons. The van der Waals surface area contributed by atoms with Crippen molar-refractivity contribution in [2.45, 2.75) is 44.3 Å². The molecule has 3 atom stereocenters. The van der Waals surface area contributed by atoms with E-state index in [4.69, 9.17) is 4.74 Å². The average Bonchev–Trinajstić information content (AvgIpc) is 2.63. The van der Waals surface area contributed by atoms with Crippen LogP contribution in [0, 0.1) is 5.92 Å². The number of aliphatic hydroxyl groups is 1. The number of aliphatic hydroxyl groups excluding tert-OH is 1. The van der Waals surface area contributed by atoms with Gasteiger partial charge in [0, 0.05) is 6.54 Å². The van der Waals surface area contributed by atoms with Crippen LogP contribution in [-0.2, 0) is 4.74 Å². The molecule has 2 rings (SSSR count). The number of rotatable bonds is 3. The van der Waals surface area contributed by atoms with Crippen LogP contribution in [0.3, 0.4) is 0 Å². The summed E-state index contributed by atoms with van der Waals surface area (Å²) in [6.45, 7) is 3.07. The van der Waals surface area contributed by atoms with E-state index in [0.717, 1.165) is 39.0 Å². The van der Waals surface area contributed by atoms with Crippen LogP contribution in [0.1, 0.15) is 32.1 Å². The van der Waals surface area contributed by atoms with Crippen molar-refractivity contribution in [3.63, 3.8) is 0 Å². The quantitative estimate of drug-likeness (QED) is 0.710. The van der Waals surface area contributed by atoms with Gasteiger partial charge in [0.05, 0.1) is 18.8 Å². The van der Waals surface area contributed by atoms with Gasteiger partial charge in [0.25, 0.3) is 0 Å². The summed E-state index contributed by atoms with van der Waals surface area (Å²) in [6.07, 6.45) is 5.55. The molecule has 2 N–H and O–H groups in total. The fourth-order valence-corrected chi connectivity index (χ4v) is 2.43. The summed E-state index contributed by atoms with van der Waals surface area (Å²) in [5.41, 5.74) is 0. The minimum Gasteiger partial charge on any atom is -0.390 e. The molecule has 1 saturated carbocycles. The topological polar surface area (TPSA) is 41.5 Å². The van der Waals surface area contributed by atoms with Crippen molar-refractivity contribution in [3.8, 4) is 0 Å². The summed E-state index contributed by atoms with van der Waals surface area (Å²) in [6, 6.07) is 0. The largest absolute Gasteiger partial charge is 0.390 e. The summed E-state index contributed by atoms with van der Waals surface area (Å²) < 4.78 is 5.76. The average molecular weight is 199 g/mol. The molecular weight excluding hydrogens is 178 g/mol. The highest BCUT2D eigenvalue weighted by molar-refractivity contribution is 4.78. The lowest BCUT2D eigenvalue weighted by molar-refractivity contribution is -0.0346. The number of ether oxygens (including phenoxy) is 1. The van der Waals surface area contributed by atoms with Crippen molar-refractivity contribution < 1.29 is 9.84 Å². The first-order chi connectivity index (χ1) is 6.86. The zero-order valence-electron chi connectivity index (χ0n) is 8.74. The highest BCUT2D eigenvalue weighted by Gasteiger charge is 2.26. The van der Waals surface area contributed by atoms with E-state index < -0.39 is 0 Å². The van der Waals surface area contributed by atoms with Crippen molar-refractivity contribution >= 4 is 0 Å². The van der Waals surface area contributed by atoms with E-state index in [1.54, 1.807) is 0 Å². The van der Waals surface area contributed by atoms with Gasteiger partial charge < -0.3 is 15.2 Å². The molecular formula is C11H21NO2. The van der Waals surface area contributed by atoms with Crippen LogP contribution in [0.25, 0.3) is 0 Å². The fourth-order valence-electron chi connectivity index (χ4n) is 2.43. The molecule has 2 fully saturated rings. The van der Waals surface area contributed by atoms with Crippen LogP contribution in [0.2, 0.25) is 0 Å². The summed E-state index contributed by atoms with van der Waals surface area (Å²) in [4.78, 5) is 0. The Morgan fingerprint density at radius 2 is 2.14 bits per heavy atom. The number of nitrogens with one attached hydrogen (secondary N) is 1. The van der Waals surface area contributed by atoms with Crippen molar-refractivity contribution in [2.75, 3.05) is 19.7 Å². The number of hydrogen-bond acceptors (Lipinski definition) is 3.